The van der Waals surface area contributed by atoms with Crippen LogP contribution in [0.15, 0.2) is 36.5 Å². The van der Waals surface area contributed by atoms with Crippen LogP contribution in [0.3, 0.4) is 0 Å². The van der Waals surface area contributed by atoms with Crippen LogP contribution in [0.2, 0.25) is 0 Å². The van der Waals surface area contributed by atoms with Gasteiger partial charge < -0.3 is 0 Å². The lowest BCUT2D eigenvalue weighted by Gasteiger charge is -1.93. The molecule has 0 atom stereocenters. The van der Waals surface area contributed by atoms with E-state index in [2.05, 4.69) is 0 Å². The Morgan fingerprint density at radius 2 is 1.90 bits per heavy atom. The summed E-state index contributed by atoms with van der Waals surface area (Å²) in [7, 11) is 0. The number of hydrogen-bond donors (Lipinski definition) is 0. The summed E-state index contributed by atoms with van der Waals surface area (Å²) >= 11 is 0. The van der Waals surface area contributed by atoms with Crippen molar-refractivity contribution in [1.82, 2.24) is 4.40 Å². The summed E-state index contributed by atoms with van der Waals surface area (Å²) in [5, 5.41) is 0. The van der Waals surface area contributed by atoms with Crippen LogP contribution in [0.1, 0.15) is 0 Å². The molecular weight excluding hydrogens is 129 g/mol. The lowest BCUT2D eigenvalue weighted by Crippen LogP contribution is -1.86. The molecule has 2 aromatic heterocycles. The first-order valence-corrected chi connectivity index (χ1v) is 3.09. The molecule has 0 aliphatic rings. The van der Waals surface area contributed by atoms with Crippen molar-refractivity contribution >= 4 is 5.52 Å². The van der Waals surface area contributed by atoms with Gasteiger partial charge in [-0.3, -0.25) is 4.40 Å². The van der Waals surface area contributed by atoms with E-state index in [9.17, 15) is 4.39 Å². The predicted octanol–water partition coefficient (Wildman–Crippen LogP) is 2.08. The second kappa shape index (κ2) is 1.84. The van der Waals surface area contributed by atoms with Gasteiger partial charge in [-0.05, 0) is 24.3 Å². The van der Waals surface area contributed by atoms with E-state index >= 15 is 0 Å². The summed E-state index contributed by atoms with van der Waals surface area (Å²) in [6, 6.07) is 8.68. The molecule has 0 saturated heterocycles. The zero-order chi connectivity index (χ0) is 6.97. The maximum absolute atomic E-state index is 12.8. The Labute approximate surface area is 57.7 Å². The van der Waals surface area contributed by atoms with E-state index in [1.807, 2.05) is 18.2 Å². The minimum atomic E-state index is -0.220. The van der Waals surface area contributed by atoms with E-state index in [1.165, 1.54) is 10.5 Å². The highest BCUT2D eigenvalue weighted by Crippen LogP contribution is 2.05. The molecule has 2 rings (SSSR count). The Hall–Kier alpha value is -1.31. The largest absolute Gasteiger partial charge is 0.294 e. The number of aromatic nitrogens is 1. The zero-order valence-corrected chi connectivity index (χ0v) is 5.29. The topological polar surface area (TPSA) is 4.41 Å². The average molecular weight is 135 g/mol. The maximum atomic E-state index is 12.8. The fourth-order valence-corrected chi connectivity index (χ4v) is 1.03. The number of rotatable bonds is 0. The van der Waals surface area contributed by atoms with Gasteiger partial charge in [0.25, 0.3) is 0 Å². The van der Waals surface area contributed by atoms with Gasteiger partial charge in [0.05, 0.1) is 0 Å². The van der Waals surface area contributed by atoms with Crippen LogP contribution >= 0.6 is 0 Å². The normalized spacial score (nSPS) is 10.5. The predicted molar refractivity (Wildman–Crippen MR) is 37.4 cm³/mol. The second-order valence-corrected chi connectivity index (χ2v) is 2.15. The van der Waals surface area contributed by atoms with E-state index in [0.29, 0.717) is 0 Å². The van der Waals surface area contributed by atoms with Crippen LogP contribution in [0, 0.1) is 5.95 Å². The minimum absolute atomic E-state index is 0.220. The first-order chi connectivity index (χ1) is 4.88. The summed E-state index contributed by atoms with van der Waals surface area (Å²) in [5.41, 5.74) is 0.889. The van der Waals surface area contributed by atoms with E-state index in [4.69, 9.17) is 0 Å². The Morgan fingerprint density at radius 1 is 1.10 bits per heavy atom. The molecule has 0 spiro atoms. The van der Waals surface area contributed by atoms with Gasteiger partial charge in [-0.25, -0.2) is 0 Å². The van der Waals surface area contributed by atoms with Gasteiger partial charge in [0, 0.05) is 11.7 Å². The highest BCUT2D eigenvalue weighted by molar-refractivity contribution is 5.46. The Bertz CT molecular complexity index is 351. The third-order valence-electron chi connectivity index (χ3n) is 1.51. The lowest BCUT2D eigenvalue weighted by molar-refractivity contribution is 0.568. The fraction of sp³-hybridized carbons (Fsp3) is 0. The highest BCUT2D eigenvalue weighted by Gasteiger charge is 1.94. The molecule has 0 N–H and O–H groups in total. The minimum Gasteiger partial charge on any atom is -0.294 e. The molecule has 0 bridgehead atoms. The SMILES string of the molecule is Fc1cccc2cccn12. The lowest BCUT2D eigenvalue weighted by atomic mass is 10.4. The van der Waals surface area contributed by atoms with Gasteiger partial charge in [-0.1, -0.05) is 6.07 Å². The van der Waals surface area contributed by atoms with Crippen molar-refractivity contribution in [1.29, 1.82) is 0 Å². The molecule has 0 amide bonds. The molecular formula is C8H6FN. The molecule has 0 radical (unpaired) electrons. The van der Waals surface area contributed by atoms with Gasteiger partial charge in [-0.2, -0.15) is 4.39 Å². The molecule has 0 aromatic carbocycles. The molecule has 0 unspecified atom stereocenters. The Morgan fingerprint density at radius 3 is 2.70 bits per heavy atom. The van der Waals surface area contributed by atoms with Gasteiger partial charge in [0.2, 0.25) is 0 Å². The second-order valence-electron chi connectivity index (χ2n) is 2.15. The summed E-state index contributed by atoms with van der Waals surface area (Å²) in [6.45, 7) is 0. The maximum Gasteiger partial charge on any atom is 0.198 e. The van der Waals surface area contributed by atoms with Crippen molar-refractivity contribution in [2.24, 2.45) is 0 Å². The standard InChI is InChI=1S/C8H6FN/c9-8-5-1-3-7-4-2-6-10(7)8/h1-6H. The van der Waals surface area contributed by atoms with E-state index in [-0.39, 0.29) is 5.95 Å². The first-order valence-electron chi connectivity index (χ1n) is 3.09. The van der Waals surface area contributed by atoms with Crippen LogP contribution < -0.4 is 0 Å². The molecule has 10 heavy (non-hydrogen) atoms. The van der Waals surface area contributed by atoms with Crippen LogP contribution in [0.4, 0.5) is 4.39 Å². The van der Waals surface area contributed by atoms with Crippen molar-refractivity contribution in [3.8, 4) is 0 Å². The van der Waals surface area contributed by atoms with Crippen LogP contribution in [-0.2, 0) is 0 Å². The fourth-order valence-electron chi connectivity index (χ4n) is 1.03. The number of hydrogen-bond acceptors (Lipinski definition) is 0. The van der Waals surface area contributed by atoms with Crippen LogP contribution in [0.25, 0.3) is 5.52 Å². The van der Waals surface area contributed by atoms with Crippen LogP contribution in [-0.4, -0.2) is 4.40 Å². The number of pyridine rings is 1. The van der Waals surface area contributed by atoms with Gasteiger partial charge >= 0.3 is 0 Å². The summed E-state index contributed by atoms with van der Waals surface area (Å²) in [6.07, 6.45) is 1.70. The molecule has 2 heteroatoms. The zero-order valence-electron chi connectivity index (χ0n) is 5.29. The molecule has 2 aromatic rings. The molecule has 0 aliphatic heterocycles. The van der Waals surface area contributed by atoms with Gasteiger partial charge in [-0.15, -0.1) is 0 Å². The summed E-state index contributed by atoms with van der Waals surface area (Å²) in [5.74, 6) is -0.220. The molecule has 1 nitrogen and oxygen atoms in total. The van der Waals surface area contributed by atoms with Crippen molar-refractivity contribution in [2.45, 2.75) is 0 Å². The van der Waals surface area contributed by atoms with Crippen molar-refractivity contribution in [3.05, 3.63) is 42.5 Å². The molecule has 0 saturated carbocycles. The number of nitrogens with zero attached hydrogens (tertiary/aromatic N) is 1. The van der Waals surface area contributed by atoms with Gasteiger partial charge in [0.15, 0.2) is 5.95 Å². The highest BCUT2D eigenvalue weighted by atomic mass is 19.1. The third kappa shape index (κ3) is 0.620. The van der Waals surface area contributed by atoms with E-state index in [0.717, 1.165) is 5.52 Å². The van der Waals surface area contributed by atoms with E-state index in [1.54, 1.807) is 12.3 Å². The Balaban J connectivity index is 2.95. The average Bonchev–Trinajstić information content (AvgIpc) is 2.36. The van der Waals surface area contributed by atoms with E-state index < -0.39 is 0 Å². The number of fused-ring (bicyclic) bond motifs is 1. The molecule has 50 valence electrons. The molecule has 0 aliphatic carbocycles. The smallest absolute Gasteiger partial charge is 0.198 e. The van der Waals surface area contributed by atoms with Crippen molar-refractivity contribution in [3.63, 3.8) is 0 Å². The van der Waals surface area contributed by atoms with Crippen molar-refractivity contribution < 1.29 is 4.39 Å². The quantitative estimate of drug-likeness (QED) is 0.487. The number of halogens is 1. The monoisotopic (exact) mass is 135 g/mol. The molecule has 2 heterocycles. The third-order valence-corrected chi connectivity index (χ3v) is 1.51. The summed E-state index contributed by atoms with van der Waals surface area (Å²) < 4.78 is 14.3. The Kier molecular flexibility index (Phi) is 1.01. The molecule has 0 fully saturated rings. The van der Waals surface area contributed by atoms with Crippen molar-refractivity contribution in [2.75, 3.05) is 0 Å². The first kappa shape index (κ1) is 5.47. The summed E-state index contributed by atoms with van der Waals surface area (Å²) in [4.78, 5) is 0. The van der Waals surface area contributed by atoms with Gasteiger partial charge in [0.1, 0.15) is 0 Å². The van der Waals surface area contributed by atoms with Crippen LogP contribution in [0.5, 0.6) is 0 Å².